The standard InChI is InChI=1S/C17H21ClN2O2/c1-11-14(22-16(20-11)17(2,3)4)9-15(21)19-10-12-5-7-13(18)8-6-12/h5-8H,9-10H2,1-4H3,(H,19,21). The SMILES string of the molecule is Cc1nc(C(C)(C)C)oc1CC(=O)NCc1ccc(Cl)cc1. The summed E-state index contributed by atoms with van der Waals surface area (Å²) in [6.07, 6.45) is 0.197. The van der Waals surface area contributed by atoms with Gasteiger partial charge in [0.25, 0.3) is 0 Å². The molecular formula is C17H21ClN2O2. The summed E-state index contributed by atoms with van der Waals surface area (Å²) in [6, 6.07) is 7.39. The van der Waals surface area contributed by atoms with E-state index in [-0.39, 0.29) is 17.7 Å². The van der Waals surface area contributed by atoms with Crippen molar-refractivity contribution in [2.24, 2.45) is 0 Å². The van der Waals surface area contributed by atoms with Crippen LogP contribution in [-0.4, -0.2) is 10.9 Å². The van der Waals surface area contributed by atoms with E-state index in [0.29, 0.717) is 23.2 Å². The number of carbonyl (C=O) groups excluding carboxylic acids is 1. The molecule has 1 heterocycles. The summed E-state index contributed by atoms with van der Waals surface area (Å²) in [6.45, 7) is 8.42. The van der Waals surface area contributed by atoms with Crippen LogP contribution in [0.3, 0.4) is 0 Å². The molecule has 0 unspecified atom stereocenters. The van der Waals surface area contributed by atoms with Crippen molar-refractivity contribution in [1.82, 2.24) is 10.3 Å². The minimum absolute atomic E-state index is 0.0883. The molecule has 118 valence electrons. The third-order valence-corrected chi connectivity index (χ3v) is 3.51. The predicted octanol–water partition coefficient (Wildman–Crippen LogP) is 3.79. The van der Waals surface area contributed by atoms with E-state index >= 15 is 0 Å². The maximum Gasteiger partial charge on any atom is 0.227 e. The Hall–Kier alpha value is -1.81. The highest BCUT2D eigenvalue weighted by Crippen LogP contribution is 2.24. The van der Waals surface area contributed by atoms with Gasteiger partial charge in [-0.25, -0.2) is 4.98 Å². The van der Waals surface area contributed by atoms with Crippen LogP contribution in [0.2, 0.25) is 5.02 Å². The highest BCUT2D eigenvalue weighted by Gasteiger charge is 2.23. The Bertz CT molecular complexity index is 654. The third-order valence-electron chi connectivity index (χ3n) is 3.26. The Morgan fingerprint density at radius 2 is 1.91 bits per heavy atom. The maximum absolute atomic E-state index is 12.0. The van der Waals surface area contributed by atoms with Crippen LogP contribution in [0.1, 0.15) is 43.7 Å². The van der Waals surface area contributed by atoms with Crippen LogP contribution >= 0.6 is 11.6 Å². The second-order valence-corrected chi connectivity index (χ2v) is 6.79. The first kappa shape index (κ1) is 16.6. The molecule has 4 nitrogen and oxygen atoms in total. The van der Waals surface area contributed by atoms with E-state index in [1.165, 1.54) is 0 Å². The first-order valence-corrected chi connectivity index (χ1v) is 7.61. The van der Waals surface area contributed by atoms with Crippen LogP contribution in [0.15, 0.2) is 28.7 Å². The topological polar surface area (TPSA) is 55.1 Å². The average Bonchev–Trinajstić information content (AvgIpc) is 2.80. The Morgan fingerprint density at radius 3 is 2.45 bits per heavy atom. The van der Waals surface area contributed by atoms with E-state index in [1.54, 1.807) is 12.1 Å². The first-order chi connectivity index (χ1) is 10.3. The van der Waals surface area contributed by atoms with Crippen molar-refractivity contribution in [3.8, 4) is 0 Å². The second-order valence-electron chi connectivity index (χ2n) is 6.36. The number of carbonyl (C=O) groups is 1. The highest BCUT2D eigenvalue weighted by atomic mass is 35.5. The molecule has 2 rings (SSSR count). The molecule has 2 aromatic rings. The van der Waals surface area contributed by atoms with Gasteiger partial charge in [-0.1, -0.05) is 44.5 Å². The number of aryl methyl sites for hydroxylation is 1. The molecule has 0 saturated heterocycles. The number of hydrogen-bond acceptors (Lipinski definition) is 3. The normalized spacial score (nSPS) is 11.5. The monoisotopic (exact) mass is 320 g/mol. The van der Waals surface area contributed by atoms with Crippen LogP contribution < -0.4 is 5.32 Å². The molecule has 0 aliphatic rings. The molecule has 0 radical (unpaired) electrons. The van der Waals surface area contributed by atoms with Crippen molar-refractivity contribution < 1.29 is 9.21 Å². The van der Waals surface area contributed by atoms with Crippen LogP contribution in [0.25, 0.3) is 0 Å². The zero-order valence-corrected chi connectivity index (χ0v) is 14.1. The lowest BCUT2D eigenvalue weighted by molar-refractivity contribution is -0.120. The quantitative estimate of drug-likeness (QED) is 0.932. The lowest BCUT2D eigenvalue weighted by Crippen LogP contribution is -2.24. The van der Waals surface area contributed by atoms with Crippen LogP contribution in [0.5, 0.6) is 0 Å². The minimum atomic E-state index is -0.164. The van der Waals surface area contributed by atoms with Crippen molar-refractivity contribution in [2.45, 2.75) is 46.1 Å². The molecule has 1 N–H and O–H groups in total. The van der Waals surface area contributed by atoms with Crippen LogP contribution in [0, 0.1) is 6.92 Å². The molecule has 22 heavy (non-hydrogen) atoms. The number of halogens is 1. The number of nitrogens with one attached hydrogen (secondary N) is 1. The molecule has 0 aliphatic carbocycles. The Kier molecular flexibility index (Phi) is 4.91. The van der Waals surface area contributed by atoms with Gasteiger partial charge in [-0.15, -0.1) is 0 Å². The largest absolute Gasteiger partial charge is 0.444 e. The Labute approximate surface area is 135 Å². The van der Waals surface area contributed by atoms with Crippen molar-refractivity contribution in [2.75, 3.05) is 0 Å². The number of hydrogen-bond donors (Lipinski definition) is 1. The Balaban J connectivity index is 1.95. The van der Waals surface area contributed by atoms with Gasteiger partial charge in [0.1, 0.15) is 5.76 Å². The van der Waals surface area contributed by atoms with Crippen LogP contribution in [-0.2, 0) is 23.2 Å². The summed E-state index contributed by atoms with van der Waals surface area (Å²) >= 11 is 5.83. The van der Waals surface area contributed by atoms with E-state index < -0.39 is 0 Å². The summed E-state index contributed by atoms with van der Waals surface area (Å²) in [5.74, 6) is 1.19. The fraction of sp³-hybridized carbons (Fsp3) is 0.412. The summed E-state index contributed by atoms with van der Waals surface area (Å²) in [4.78, 5) is 16.4. The van der Waals surface area contributed by atoms with Gasteiger partial charge in [0.15, 0.2) is 5.89 Å². The molecule has 1 aromatic heterocycles. The number of nitrogens with zero attached hydrogens (tertiary/aromatic N) is 1. The third kappa shape index (κ3) is 4.34. The van der Waals surface area contributed by atoms with Crippen molar-refractivity contribution in [1.29, 1.82) is 0 Å². The van der Waals surface area contributed by atoms with Gasteiger partial charge in [0.05, 0.1) is 12.1 Å². The smallest absolute Gasteiger partial charge is 0.227 e. The van der Waals surface area contributed by atoms with Gasteiger partial charge in [-0.05, 0) is 24.6 Å². The average molecular weight is 321 g/mol. The van der Waals surface area contributed by atoms with Crippen molar-refractivity contribution in [3.63, 3.8) is 0 Å². The number of oxazole rings is 1. The van der Waals surface area contributed by atoms with Crippen molar-refractivity contribution >= 4 is 17.5 Å². The molecular weight excluding hydrogens is 300 g/mol. The first-order valence-electron chi connectivity index (χ1n) is 7.23. The molecule has 0 atom stereocenters. The fourth-order valence-electron chi connectivity index (χ4n) is 1.92. The molecule has 0 spiro atoms. The lowest BCUT2D eigenvalue weighted by atomic mass is 9.97. The van der Waals surface area contributed by atoms with E-state index in [0.717, 1.165) is 11.3 Å². The van der Waals surface area contributed by atoms with Gasteiger partial charge in [0.2, 0.25) is 5.91 Å². The van der Waals surface area contributed by atoms with E-state index in [4.69, 9.17) is 16.0 Å². The van der Waals surface area contributed by atoms with E-state index in [2.05, 4.69) is 10.3 Å². The molecule has 0 fully saturated rings. The van der Waals surface area contributed by atoms with Gasteiger partial charge >= 0.3 is 0 Å². The van der Waals surface area contributed by atoms with Crippen LogP contribution in [0.4, 0.5) is 0 Å². The number of amides is 1. The number of rotatable bonds is 4. The minimum Gasteiger partial charge on any atom is -0.444 e. The fourth-order valence-corrected chi connectivity index (χ4v) is 2.05. The van der Waals surface area contributed by atoms with Gasteiger partial charge in [-0.2, -0.15) is 0 Å². The van der Waals surface area contributed by atoms with E-state index in [1.807, 2.05) is 39.8 Å². The van der Waals surface area contributed by atoms with Gasteiger partial charge in [0, 0.05) is 17.0 Å². The summed E-state index contributed by atoms with van der Waals surface area (Å²) < 4.78 is 5.73. The summed E-state index contributed by atoms with van der Waals surface area (Å²) in [5.41, 5.74) is 1.61. The molecule has 0 aliphatic heterocycles. The van der Waals surface area contributed by atoms with E-state index in [9.17, 15) is 4.79 Å². The van der Waals surface area contributed by atoms with Gasteiger partial charge < -0.3 is 9.73 Å². The highest BCUT2D eigenvalue weighted by molar-refractivity contribution is 6.30. The molecule has 0 saturated carbocycles. The predicted molar refractivity (Wildman–Crippen MR) is 86.9 cm³/mol. The summed E-state index contributed by atoms with van der Waals surface area (Å²) in [7, 11) is 0. The summed E-state index contributed by atoms with van der Waals surface area (Å²) in [5, 5.41) is 3.55. The van der Waals surface area contributed by atoms with Crippen molar-refractivity contribution in [3.05, 3.63) is 52.2 Å². The van der Waals surface area contributed by atoms with Gasteiger partial charge in [-0.3, -0.25) is 4.79 Å². The maximum atomic E-state index is 12.0. The second kappa shape index (κ2) is 6.53. The number of benzene rings is 1. The molecule has 5 heteroatoms. The zero-order valence-electron chi connectivity index (χ0n) is 13.4. The molecule has 0 bridgehead atoms. The number of aromatic nitrogens is 1. The lowest BCUT2D eigenvalue weighted by Gasteiger charge is -2.12. The Morgan fingerprint density at radius 1 is 1.27 bits per heavy atom. The zero-order chi connectivity index (χ0) is 16.3. The molecule has 1 aromatic carbocycles. The molecule has 1 amide bonds.